The van der Waals surface area contributed by atoms with Gasteiger partial charge in [-0.25, -0.2) is 5.90 Å². The van der Waals surface area contributed by atoms with Crippen LogP contribution in [0.4, 0.5) is 0 Å². The smallest absolute Gasteiger partial charge is 0.305 e. The molecular weight excluding hydrogens is 409 g/mol. The summed E-state index contributed by atoms with van der Waals surface area (Å²) in [5, 5.41) is 0.744. The van der Waals surface area contributed by atoms with Crippen LogP contribution >= 0.6 is 35.6 Å². The second kappa shape index (κ2) is 7.97. The molecule has 4 rings (SSSR count). The highest BCUT2D eigenvalue weighted by Crippen LogP contribution is 2.54. The Morgan fingerprint density at radius 3 is 1.89 bits per heavy atom. The van der Waals surface area contributed by atoms with Crippen molar-refractivity contribution >= 4 is 35.6 Å². The molecule has 4 nitrogen and oxygen atoms in total. The van der Waals surface area contributed by atoms with Crippen molar-refractivity contribution < 1.29 is 14.3 Å². The third-order valence-corrected chi connectivity index (χ3v) is 4.94. The van der Waals surface area contributed by atoms with Gasteiger partial charge in [0, 0.05) is 16.7 Å². The molecule has 0 atom stereocenters. The molecule has 2 N–H and O–H groups in total. The topological polar surface area (TPSA) is 53.7 Å². The number of rotatable bonds is 4. The van der Waals surface area contributed by atoms with E-state index < -0.39 is 5.79 Å². The number of halogens is 3. The maximum atomic E-state index is 6.51. The maximum absolute atomic E-state index is 6.51. The lowest BCUT2D eigenvalue weighted by atomic mass is 9.97. The van der Waals surface area contributed by atoms with Crippen LogP contribution < -0.4 is 15.4 Å². The standard InChI is InChI=1S/C20H15Cl2NO3.ClH/c21-16-11-13(12-24-23)17(22)19-18(16)25-20(26-19,14-7-3-1-4-8-14)15-9-5-2-6-10-15;/h1-11H,12,23H2;1H. The van der Waals surface area contributed by atoms with Crippen molar-refractivity contribution in [2.24, 2.45) is 5.90 Å². The average molecular weight is 425 g/mol. The van der Waals surface area contributed by atoms with Crippen LogP contribution in [0.25, 0.3) is 0 Å². The van der Waals surface area contributed by atoms with E-state index in [1.807, 2.05) is 60.7 Å². The summed E-state index contributed by atoms with van der Waals surface area (Å²) in [6, 6.07) is 21.0. The van der Waals surface area contributed by atoms with E-state index >= 15 is 0 Å². The zero-order valence-electron chi connectivity index (χ0n) is 14.0. The lowest BCUT2D eigenvalue weighted by molar-refractivity contribution is -0.0458. The molecule has 3 aromatic carbocycles. The van der Waals surface area contributed by atoms with Crippen molar-refractivity contribution in [1.29, 1.82) is 0 Å². The van der Waals surface area contributed by atoms with E-state index in [9.17, 15) is 0 Å². The Kier molecular flexibility index (Phi) is 5.84. The molecule has 27 heavy (non-hydrogen) atoms. The SMILES string of the molecule is Cl.NOCc1cc(Cl)c2c(c1Cl)OC(c1ccccc1)(c1ccccc1)O2. The molecule has 0 aliphatic carbocycles. The van der Waals surface area contributed by atoms with Gasteiger partial charge in [-0.05, 0) is 6.07 Å². The summed E-state index contributed by atoms with van der Waals surface area (Å²) in [7, 11) is 0. The lowest BCUT2D eigenvalue weighted by Crippen LogP contribution is -2.36. The van der Waals surface area contributed by atoms with Gasteiger partial charge < -0.3 is 9.47 Å². The fraction of sp³-hybridized carbons (Fsp3) is 0.100. The van der Waals surface area contributed by atoms with E-state index in [1.54, 1.807) is 6.07 Å². The van der Waals surface area contributed by atoms with Crippen LogP contribution in [0.1, 0.15) is 16.7 Å². The Bertz CT molecular complexity index is 897. The molecule has 0 spiro atoms. The van der Waals surface area contributed by atoms with Crippen molar-refractivity contribution in [3.05, 3.63) is 93.5 Å². The largest absolute Gasteiger partial charge is 0.439 e. The van der Waals surface area contributed by atoms with Crippen molar-refractivity contribution in [1.82, 2.24) is 0 Å². The minimum Gasteiger partial charge on any atom is -0.439 e. The van der Waals surface area contributed by atoms with Crippen molar-refractivity contribution in [3.63, 3.8) is 0 Å². The first-order valence-electron chi connectivity index (χ1n) is 7.97. The Morgan fingerprint density at radius 2 is 1.37 bits per heavy atom. The Labute approximate surface area is 173 Å². The second-order valence-electron chi connectivity index (χ2n) is 5.85. The lowest BCUT2D eigenvalue weighted by Gasteiger charge is -2.28. The zero-order valence-corrected chi connectivity index (χ0v) is 16.4. The normalized spacial score (nSPS) is 13.9. The molecular formula is C20H16Cl3NO3. The van der Waals surface area contributed by atoms with Crippen LogP contribution in [0.2, 0.25) is 10.0 Å². The molecule has 1 heterocycles. The Hall–Kier alpha value is -1.95. The van der Waals surface area contributed by atoms with E-state index in [-0.39, 0.29) is 19.0 Å². The molecule has 140 valence electrons. The van der Waals surface area contributed by atoms with Crippen LogP contribution in [-0.2, 0) is 17.2 Å². The molecule has 1 aliphatic rings. The monoisotopic (exact) mass is 423 g/mol. The van der Waals surface area contributed by atoms with Crippen LogP contribution in [0, 0.1) is 0 Å². The van der Waals surface area contributed by atoms with Gasteiger partial charge >= 0.3 is 5.79 Å². The van der Waals surface area contributed by atoms with Gasteiger partial charge in [0.15, 0.2) is 11.5 Å². The first-order valence-corrected chi connectivity index (χ1v) is 8.73. The molecule has 7 heteroatoms. The van der Waals surface area contributed by atoms with E-state index in [0.29, 0.717) is 27.1 Å². The maximum Gasteiger partial charge on any atom is 0.305 e. The van der Waals surface area contributed by atoms with Gasteiger partial charge in [-0.15, -0.1) is 12.4 Å². The highest BCUT2D eigenvalue weighted by atomic mass is 35.5. The van der Waals surface area contributed by atoms with Gasteiger partial charge in [0.05, 0.1) is 16.7 Å². The first kappa shape index (κ1) is 19.8. The summed E-state index contributed by atoms with van der Waals surface area (Å²) in [6.07, 6.45) is 0. The van der Waals surface area contributed by atoms with E-state index in [4.69, 9.17) is 43.4 Å². The first-order chi connectivity index (χ1) is 12.7. The summed E-state index contributed by atoms with van der Waals surface area (Å²) >= 11 is 12.9. The fourth-order valence-corrected chi connectivity index (χ4v) is 3.53. The highest BCUT2D eigenvalue weighted by molar-refractivity contribution is 6.36. The highest BCUT2D eigenvalue weighted by Gasteiger charge is 2.47. The van der Waals surface area contributed by atoms with E-state index in [0.717, 1.165) is 11.1 Å². The van der Waals surface area contributed by atoms with Crippen LogP contribution in [0.5, 0.6) is 11.5 Å². The average Bonchev–Trinajstić information content (AvgIpc) is 3.11. The quantitative estimate of drug-likeness (QED) is 0.564. The molecule has 0 fully saturated rings. The second-order valence-corrected chi connectivity index (χ2v) is 6.64. The third-order valence-electron chi connectivity index (χ3n) is 4.24. The van der Waals surface area contributed by atoms with E-state index in [2.05, 4.69) is 0 Å². The molecule has 0 amide bonds. The van der Waals surface area contributed by atoms with Crippen LogP contribution in [-0.4, -0.2) is 0 Å². The molecule has 3 aromatic rings. The van der Waals surface area contributed by atoms with Crippen molar-refractivity contribution in [3.8, 4) is 11.5 Å². The number of hydrogen-bond acceptors (Lipinski definition) is 4. The van der Waals surface area contributed by atoms with Gasteiger partial charge in [0.1, 0.15) is 0 Å². The van der Waals surface area contributed by atoms with Gasteiger partial charge in [0.2, 0.25) is 0 Å². The predicted octanol–water partition coefficient (Wildman–Crippen LogP) is 5.48. The van der Waals surface area contributed by atoms with Crippen molar-refractivity contribution in [2.75, 3.05) is 0 Å². The number of benzene rings is 3. The van der Waals surface area contributed by atoms with Gasteiger partial charge in [-0.2, -0.15) is 0 Å². The van der Waals surface area contributed by atoms with Gasteiger partial charge in [0.25, 0.3) is 0 Å². The Morgan fingerprint density at radius 1 is 0.852 bits per heavy atom. The molecule has 0 bridgehead atoms. The van der Waals surface area contributed by atoms with E-state index in [1.165, 1.54) is 0 Å². The Balaban J connectivity index is 0.00000210. The summed E-state index contributed by atoms with van der Waals surface area (Å²) in [5.41, 5.74) is 2.27. The zero-order chi connectivity index (χ0) is 18.1. The van der Waals surface area contributed by atoms with Gasteiger partial charge in [-0.1, -0.05) is 83.9 Å². The third kappa shape index (κ3) is 3.35. The fourth-order valence-electron chi connectivity index (χ4n) is 3.04. The summed E-state index contributed by atoms with van der Waals surface area (Å²) in [5.74, 6) is 4.77. The molecule has 0 unspecified atom stereocenters. The summed E-state index contributed by atoms with van der Waals surface area (Å²) in [4.78, 5) is 4.71. The number of fused-ring (bicyclic) bond motifs is 1. The number of hydrogen-bond donors (Lipinski definition) is 1. The molecule has 1 aliphatic heterocycles. The summed E-state index contributed by atoms with van der Waals surface area (Å²) < 4.78 is 12.6. The van der Waals surface area contributed by atoms with Crippen molar-refractivity contribution in [2.45, 2.75) is 12.4 Å². The molecule has 0 saturated carbocycles. The minimum atomic E-state index is -1.18. The molecule has 0 saturated heterocycles. The van der Waals surface area contributed by atoms with Crippen LogP contribution in [0.3, 0.4) is 0 Å². The minimum absolute atomic E-state index is 0. The van der Waals surface area contributed by atoms with Crippen LogP contribution in [0.15, 0.2) is 66.7 Å². The summed E-state index contributed by atoms with van der Waals surface area (Å²) in [6.45, 7) is 0.110. The van der Waals surface area contributed by atoms with Gasteiger partial charge in [-0.3, -0.25) is 4.84 Å². The molecule has 0 aromatic heterocycles. The number of nitrogens with two attached hydrogens (primary N) is 1. The molecule has 0 radical (unpaired) electrons. The predicted molar refractivity (Wildman–Crippen MR) is 108 cm³/mol. The number of ether oxygens (including phenoxy) is 2.